The first-order valence-electron chi connectivity index (χ1n) is 7.69. The number of hydrogen-bond acceptors (Lipinski definition) is 5. The summed E-state index contributed by atoms with van der Waals surface area (Å²) in [6, 6.07) is 8.41. The largest absolute Gasteiger partial charge is 0.353 e. The number of benzene rings is 1. The van der Waals surface area contributed by atoms with Crippen LogP contribution in [0.3, 0.4) is 0 Å². The van der Waals surface area contributed by atoms with Gasteiger partial charge in [0.25, 0.3) is 0 Å². The van der Waals surface area contributed by atoms with Gasteiger partial charge in [0.15, 0.2) is 5.82 Å². The summed E-state index contributed by atoms with van der Waals surface area (Å²) >= 11 is 0. The Bertz CT molecular complexity index is 613. The van der Waals surface area contributed by atoms with Gasteiger partial charge in [-0.1, -0.05) is 24.3 Å². The molecule has 0 radical (unpaired) electrons. The van der Waals surface area contributed by atoms with E-state index in [4.69, 9.17) is 5.73 Å². The molecule has 2 heterocycles. The Morgan fingerprint density at radius 3 is 2.67 bits per heavy atom. The van der Waals surface area contributed by atoms with Crippen LogP contribution in [0, 0.1) is 6.92 Å². The fourth-order valence-corrected chi connectivity index (χ4v) is 3.05. The van der Waals surface area contributed by atoms with Gasteiger partial charge in [-0.2, -0.15) is 5.10 Å². The van der Waals surface area contributed by atoms with E-state index < -0.39 is 0 Å². The summed E-state index contributed by atoms with van der Waals surface area (Å²) in [5, 5.41) is 11.2. The monoisotopic (exact) mass is 285 g/mol. The predicted octanol–water partition coefficient (Wildman–Crippen LogP) is 1.41. The molecule has 0 amide bonds. The Kier molecular flexibility index (Phi) is 4.31. The number of fused-ring (bicyclic) bond motifs is 1. The highest BCUT2D eigenvalue weighted by Gasteiger charge is 2.18. The zero-order valence-corrected chi connectivity index (χ0v) is 12.6. The van der Waals surface area contributed by atoms with Crippen molar-refractivity contribution in [3.63, 3.8) is 0 Å². The van der Waals surface area contributed by atoms with E-state index in [-0.39, 0.29) is 0 Å². The SMILES string of the molecule is Cc1nnc(N2CCCN(CCN)CC2)c2ccccc12. The van der Waals surface area contributed by atoms with Crippen LogP contribution >= 0.6 is 0 Å². The number of hydrogen-bond donors (Lipinski definition) is 1. The molecule has 0 saturated carbocycles. The summed E-state index contributed by atoms with van der Waals surface area (Å²) in [7, 11) is 0. The van der Waals surface area contributed by atoms with Gasteiger partial charge >= 0.3 is 0 Å². The number of nitrogens with two attached hydrogens (primary N) is 1. The van der Waals surface area contributed by atoms with Crippen LogP contribution in [-0.2, 0) is 0 Å². The molecule has 1 fully saturated rings. The molecular formula is C16H23N5. The molecule has 1 aliphatic heterocycles. The first-order chi connectivity index (χ1) is 10.3. The minimum Gasteiger partial charge on any atom is -0.353 e. The zero-order chi connectivity index (χ0) is 14.7. The van der Waals surface area contributed by atoms with Crippen LogP contribution in [0.25, 0.3) is 10.8 Å². The van der Waals surface area contributed by atoms with Gasteiger partial charge in [-0.15, -0.1) is 5.10 Å². The van der Waals surface area contributed by atoms with Gasteiger partial charge in [0, 0.05) is 43.5 Å². The first-order valence-corrected chi connectivity index (χ1v) is 7.69. The van der Waals surface area contributed by atoms with Gasteiger partial charge in [0.1, 0.15) is 0 Å². The minimum atomic E-state index is 0.729. The molecule has 1 aromatic heterocycles. The fourth-order valence-electron chi connectivity index (χ4n) is 3.05. The van der Waals surface area contributed by atoms with Crippen molar-refractivity contribution >= 4 is 16.6 Å². The third-order valence-electron chi connectivity index (χ3n) is 4.19. The molecule has 0 unspecified atom stereocenters. The number of aryl methyl sites for hydroxylation is 1. The van der Waals surface area contributed by atoms with Crippen molar-refractivity contribution in [1.29, 1.82) is 0 Å². The van der Waals surface area contributed by atoms with Crippen molar-refractivity contribution in [3.8, 4) is 0 Å². The Morgan fingerprint density at radius 1 is 1.05 bits per heavy atom. The molecule has 3 rings (SSSR count). The van der Waals surface area contributed by atoms with Crippen LogP contribution in [0.1, 0.15) is 12.1 Å². The van der Waals surface area contributed by atoms with Crippen molar-refractivity contribution in [2.45, 2.75) is 13.3 Å². The Hall–Kier alpha value is -1.72. The fraction of sp³-hybridized carbons (Fsp3) is 0.500. The molecule has 112 valence electrons. The first kappa shape index (κ1) is 14.2. The van der Waals surface area contributed by atoms with Crippen LogP contribution in [0.15, 0.2) is 24.3 Å². The van der Waals surface area contributed by atoms with Gasteiger partial charge < -0.3 is 15.5 Å². The summed E-state index contributed by atoms with van der Waals surface area (Å²) in [5.41, 5.74) is 6.66. The van der Waals surface area contributed by atoms with Crippen LogP contribution < -0.4 is 10.6 Å². The normalized spacial score (nSPS) is 17.1. The highest BCUT2D eigenvalue weighted by Crippen LogP contribution is 2.26. The summed E-state index contributed by atoms with van der Waals surface area (Å²) in [4.78, 5) is 4.80. The molecule has 0 spiro atoms. The van der Waals surface area contributed by atoms with E-state index in [2.05, 4.69) is 44.3 Å². The van der Waals surface area contributed by atoms with E-state index in [9.17, 15) is 0 Å². The number of nitrogens with zero attached hydrogens (tertiary/aromatic N) is 4. The lowest BCUT2D eigenvalue weighted by Crippen LogP contribution is -2.34. The third-order valence-corrected chi connectivity index (χ3v) is 4.19. The highest BCUT2D eigenvalue weighted by molar-refractivity contribution is 5.93. The van der Waals surface area contributed by atoms with Crippen molar-refractivity contribution < 1.29 is 0 Å². The van der Waals surface area contributed by atoms with Crippen LogP contribution in [-0.4, -0.2) is 54.4 Å². The summed E-state index contributed by atoms with van der Waals surface area (Å²) < 4.78 is 0. The van der Waals surface area contributed by atoms with Gasteiger partial charge in [-0.05, 0) is 19.9 Å². The van der Waals surface area contributed by atoms with E-state index in [0.717, 1.165) is 57.2 Å². The van der Waals surface area contributed by atoms with E-state index in [1.54, 1.807) is 0 Å². The second kappa shape index (κ2) is 6.37. The van der Waals surface area contributed by atoms with Gasteiger partial charge in [0.2, 0.25) is 0 Å². The van der Waals surface area contributed by atoms with E-state index >= 15 is 0 Å². The maximum Gasteiger partial charge on any atom is 0.159 e. The molecule has 2 aromatic rings. The van der Waals surface area contributed by atoms with Crippen LogP contribution in [0.2, 0.25) is 0 Å². The number of rotatable bonds is 3. The van der Waals surface area contributed by atoms with Gasteiger partial charge in [-0.25, -0.2) is 0 Å². The summed E-state index contributed by atoms with van der Waals surface area (Å²) in [6.07, 6.45) is 1.14. The quantitative estimate of drug-likeness (QED) is 0.924. The maximum absolute atomic E-state index is 5.67. The standard InChI is InChI=1S/C16H23N5/c1-13-14-5-2-3-6-15(14)16(19-18-13)21-9-4-8-20(10-7-17)11-12-21/h2-3,5-6H,4,7-12,17H2,1H3. The topological polar surface area (TPSA) is 58.3 Å². The second-order valence-corrected chi connectivity index (χ2v) is 5.63. The number of aromatic nitrogens is 2. The molecule has 0 bridgehead atoms. The highest BCUT2D eigenvalue weighted by atomic mass is 15.3. The van der Waals surface area contributed by atoms with E-state index in [1.165, 1.54) is 10.8 Å². The molecule has 0 atom stereocenters. The summed E-state index contributed by atoms with van der Waals surface area (Å²) in [5.74, 6) is 1.02. The number of anilines is 1. The van der Waals surface area contributed by atoms with Gasteiger partial charge in [0.05, 0.1) is 5.69 Å². The molecule has 1 saturated heterocycles. The Labute approximate surface area is 125 Å². The molecule has 5 nitrogen and oxygen atoms in total. The molecule has 21 heavy (non-hydrogen) atoms. The Balaban J connectivity index is 1.88. The van der Waals surface area contributed by atoms with Gasteiger partial charge in [-0.3, -0.25) is 0 Å². The maximum atomic E-state index is 5.67. The smallest absolute Gasteiger partial charge is 0.159 e. The minimum absolute atomic E-state index is 0.729. The Morgan fingerprint density at radius 2 is 1.86 bits per heavy atom. The predicted molar refractivity (Wildman–Crippen MR) is 86.6 cm³/mol. The molecule has 1 aliphatic rings. The lowest BCUT2D eigenvalue weighted by atomic mass is 10.1. The third kappa shape index (κ3) is 2.99. The van der Waals surface area contributed by atoms with Crippen molar-refractivity contribution in [1.82, 2.24) is 15.1 Å². The van der Waals surface area contributed by atoms with Crippen molar-refractivity contribution in [3.05, 3.63) is 30.0 Å². The zero-order valence-electron chi connectivity index (χ0n) is 12.6. The van der Waals surface area contributed by atoms with Crippen molar-refractivity contribution in [2.24, 2.45) is 5.73 Å². The lowest BCUT2D eigenvalue weighted by molar-refractivity contribution is 0.302. The van der Waals surface area contributed by atoms with Crippen molar-refractivity contribution in [2.75, 3.05) is 44.2 Å². The molecule has 0 aliphatic carbocycles. The van der Waals surface area contributed by atoms with Crippen LogP contribution in [0.5, 0.6) is 0 Å². The molecule has 2 N–H and O–H groups in total. The molecule has 1 aromatic carbocycles. The average Bonchev–Trinajstić information content (AvgIpc) is 2.74. The van der Waals surface area contributed by atoms with E-state index in [0.29, 0.717) is 0 Å². The second-order valence-electron chi connectivity index (χ2n) is 5.63. The average molecular weight is 285 g/mol. The molecular weight excluding hydrogens is 262 g/mol. The lowest BCUT2D eigenvalue weighted by Gasteiger charge is -2.23. The molecule has 5 heteroatoms. The van der Waals surface area contributed by atoms with E-state index in [1.807, 2.05) is 6.92 Å². The van der Waals surface area contributed by atoms with Crippen LogP contribution in [0.4, 0.5) is 5.82 Å². The summed E-state index contributed by atoms with van der Waals surface area (Å²) in [6.45, 7) is 7.91.